The highest BCUT2D eigenvalue weighted by Gasteiger charge is 2.28. The van der Waals surface area contributed by atoms with Crippen molar-refractivity contribution in [3.63, 3.8) is 0 Å². The first kappa shape index (κ1) is 16.1. The third-order valence-corrected chi connectivity index (χ3v) is 4.33. The first-order valence-electron chi connectivity index (χ1n) is 8.07. The highest BCUT2D eigenvalue weighted by molar-refractivity contribution is 6.30. The number of halogens is 1. The van der Waals surface area contributed by atoms with Gasteiger partial charge in [0.25, 0.3) is 0 Å². The van der Waals surface area contributed by atoms with Crippen molar-refractivity contribution in [2.45, 2.75) is 26.7 Å². The van der Waals surface area contributed by atoms with E-state index >= 15 is 0 Å². The Kier molecular flexibility index (Phi) is 4.71. The van der Waals surface area contributed by atoms with Crippen LogP contribution in [0.2, 0.25) is 5.02 Å². The minimum Gasteiger partial charge on any atom is -0.356 e. The van der Waals surface area contributed by atoms with Crippen molar-refractivity contribution in [2.24, 2.45) is 11.8 Å². The minimum atomic E-state index is -0.00552. The van der Waals surface area contributed by atoms with Gasteiger partial charge in [0.2, 0.25) is 11.9 Å². The number of anilines is 1. The number of rotatable bonds is 4. The van der Waals surface area contributed by atoms with Crippen LogP contribution in [0.4, 0.5) is 5.95 Å². The SMILES string of the molecule is CC(C)CNC(=O)[C@H]1CCCN(c2nnc3ccc(Cl)cn23)C1. The summed E-state index contributed by atoms with van der Waals surface area (Å²) in [7, 11) is 0. The molecule has 7 heteroatoms. The Labute approximate surface area is 140 Å². The van der Waals surface area contributed by atoms with Gasteiger partial charge in [0.15, 0.2) is 5.65 Å². The lowest BCUT2D eigenvalue weighted by Gasteiger charge is -2.32. The van der Waals surface area contributed by atoms with Gasteiger partial charge in [0, 0.05) is 25.8 Å². The number of carbonyl (C=O) groups excluding carboxylic acids is 1. The van der Waals surface area contributed by atoms with Gasteiger partial charge in [-0.2, -0.15) is 0 Å². The molecule has 23 heavy (non-hydrogen) atoms. The molecular weight excluding hydrogens is 314 g/mol. The van der Waals surface area contributed by atoms with Crippen LogP contribution in [-0.2, 0) is 4.79 Å². The summed E-state index contributed by atoms with van der Waals surface area (Å²) in [5, 5.41) is 12.1. The van der Waals surface area contributed by atoms with Gasteiger partial charge >= 0.3 is 0 Å². The number of amides is 1. The second kappa shape index (κ2) is 6.74. The van der Waals surface area contributed by atoms with E-state index in [1.54, 1.807) is 6.07 Å². The molecule has 2 aromatic rings. The van der Waals surface area contributed by atoms with Crippen LogP contribution in [0, 0.1) is 11.8 Å². The number of aromatic nitrogens is 3. The molecule has 0 aliphatic carbocycles. The Morgan fingerprint density at radius 1 is 1.43 bits per heavy atom. The van der Waals surface area contributed by atoms with Crippen LogP contribution in [0.25, 0.3) is 5.65 Å². The summed E-state index contributed by atoms with van der Waals surface area (Å²) in [4.78, 5) is 14.5. The van der Waals surface area contributed by atoms with Crippen molar-refractivity contribution in [1.29, 1.82) is 0 Å². The van der Waals surface area contributed by atoms with Crippen LogP contribution < -0.4 is 10.2 Å². The molecule has 3 heterocycles. The van der Waals surface area contributed by atoms with Crippen LogP contribution in [-0.4, -0.2) is 40.1 Å². The molecule has 2 aromatic heterocycles. The summed E-state index contributed by atoms with van der Waals surface area (Å²) < 4.78 is 1.89. The molecule has 6 nitrogen and oxygen atoms in total. The molecule has 1 N–H and O–H groups in total. The number of carbonyl (C=O) groups is 1. The number of fused-ring (bicyclic) bond motifs is 1. The first-order valence-corrected chi connectivity index (χ1v) is 8.45. The normalized spacial score (nSPS) is 18.6. The Bertz CT molecular complexity index is 699. The molecule has 1 aliphatic rings. The molecule has 1 fully saturated rings. The maximum absolute atomic E-state index is 12.3. The van der Waals surface area contributed by atoms with Crippen molar-refractivity contribution in [3.05, 3.63) is 23.4 Å². The maximum Gasteiger partial charge on any atom is 0.231 e. The molecule has 0 unspecified atom stereocenters. The molecule has 1 atom stereocenters. The molecule has 0 radical (unpaired) electrons. The number of hydrogen-bond acceptors (Lipinski definition) is 4. The summed E-state index contributed by atoms with van der Waals surface area (Å²) in [5.41, 5.74) is 0.760. The van der Waals surface area contributed by atoms with E-state index in [1.807, 2.05) is 16.7 Å². The lowest BCUT2D eigenvalue weighted by molar-refractivity contribution is -0.125. The first-order chi connectivity index (χ1) is 11.0. The molecular formula is C16H22ClN5O. The van der Waals surface area contributed by atoms with E-state index in [0.717, 1.165) is 37.5 Å². The number of piperidine rings is 1. The molecule has 0 aromatic carbocycles. The fourth-order valence-electron chi connectivity index (χ4n) is 2.89. The van der Waals surface area contributed by atoms with Crippen LogP contribution in [0.1, 0.15) is 26.7 Å². The molecule has 0 saturated carbocycles. The minimum absolute atomic E-state index is 0.00552. The van der Waals surface area contributed by atoms with Gasteiger partial charge in [-0.15, -0.1) is 10.2 Å². The van der Waals surface area contributed by atoms with Crippen molar-refractivity contribution >= 4 is 29.1 Å². The molecule has 0 bridgehead atoms. The Balaban J connectivity index is 1.75. The number of hydrogen-bond donors (Lipinski definition) is 1. The fraction of sp³-hybridized carbons (Fsp3) is 0.562. The van der Waals surface area contributed by atoms with Gasteiger partial charge in [-0.25, -0.2) is 0 Å². The van der Waals surface area contributed by atoms with E-state index in [4.69, 9.17) is 11.6 Å². The van der Waals surface area contributed by atoms with Crippen LogP contribution in [0.5, 0.6) is 0 Å². The van der Waals surface area contributed by atoms with Crippen molar-refractivity contribution < 1.29 is 4.79 Å². The van der Waals surface area contributed by atoms with E-state index in [2.05, 4.69) is 34.3 Å². The van der Waals surface area contributed by atoms with Crippen molar-refractivity contribution in [2.75, 3.05) is 24.5 Å². The van der Waals surface area contributed by atoms with E-state index in [9.17, 15) is 4.79 Å². The zero-order valence-electron chi connectivity index (χ0n) is 13.5. The summed E-state index contributed by atoms with van der Waals surface area (Å²) in [6, 6.07) is 3.64. The largest absolute Gasteiger partial charge is 0.356 e. The summed E-state index contributed by atoms with van der Waals surface area (Å²) in [5.74, 6) is 1.34. The average molecular weight is 336 g/mol. The molecule has 1 amide bonds. The third kappa shape index (κ3) is 3.58. The van der Waals surface area contributed by atoms with Gasteiger partial charge < -0.3 is 10.2 Å². The number of pyridine rings is 1. The Morgan fingerprint density at radius 2 is 2.26 bits per heavy atom. The number of nitrogens with one attached hydrogen (secondary N) is 1. The fourth-order valence-corrected chi connectivity index (χ4v) is 3.05. The van der Waals surface area contributed by atoms with E-state index in [0.29, 0.717) is 17.5 Å². The van der Waals surface area contributed by atoms with Gasteiger partial charge in [-0.3, -0.25) is 9.20 Å². The predicted molar refractivity (Wildman–Crippen MR) is 90.8 cm³/mol. The van der Waals surface area contributed by atoms with Crippen LogP contribution in [0.15, 0.2) is 18.3 Å². The summed E-state index contributed by atoms with van der Waals surface area (Å²) in [6.07, 6.45) is 3.70. The molecule has 124 valence electrons. The lowest BCUT2D eigenvalue weighted by Crippen LogP contribution is -2.44. The van der Waals surface area contributed by atoms with Gasteiger partial charge in [0.1, 0.15) is 0 Å². The highest BCUT2D eigenvalue weighted by atomic mass is 35.5. The third-order valence-electron chi connectivity index (χ3n) is 4.11. The Morgan fingerprint density at radius 3 is 3.04 bits per heavy atom. The standard InChI is InChI=1S/C16H22ClN5O/c1-11(2)8-18-15(23)12-4-3-7-21(9-12)16-20-19-14-6-5-13(17)10-22(14)16/h5-6,10-12H,3-4,7-9H2,1-2H3,(H,18,23)/t12-/m0/s1. The molecule has 1 aliphatic heterocycles. The average Bonchev–Trinajstić information content (AvgIpc) is 2.95. The second-order valence-corrected chi connectivity index (χ2v) is 6.94. The smallest absolute Gasteiger partial charge is 0.231 e. The van der Waals surface area contributed by atoms with E-state index in [-0.39, 0.29) is 11.8 Å². The van der Waals surface area contributed by atoms with Gasteiger partial charge in [-0.05, 0) is 30.9 Å². The van der Waals surface area contributed by atoms with Gasteiger partial charge in [-0.1, -0.05) is 25.4 Å². The lowest BCUT2D eigenvalue weighted by atomic mass is 9.97. The topological polar surface area (TPSA) is 62.5 Å². The Hall–Kier alpha value is -1.82. The van der Waals surface area contributed by atoms with Gasteiger partial charge in [0.05, 0.1) is 10.9 Å². The second-order valence-electron chi connectivity index (χ2n) is 6.50. The maximum atomic E-state index is 12.3. The summed E-state index contributed by atoms with van der Waals surface area (Å²) in [6.45, 7) is 6.45. The van der Waals surface area contributed by atoms with Crippen molar-refractivity contribution in [3.8, 4) is 0 Å². The monoisotopic (exact) mass is 335 g/mol. The zero-order chi connectivity index (χ0) is 16.4. The quantitative estimate of drug-likeness (QED) is 0.931. The summed E-state index contributed by atoms with van der Waals surface area (Å²) >= 11 is 6.08. The molecule has 0 spiro atoms. The predicted octanol–water partition coefficient (Wildman–Crippen LogP) is 2.37. The van der Waals surface area contributed by atoms with Crippen molar-refractivity contribution in [1.82, 2.24) is 19.9 Å². The number of nitrogens with zero attached hydrogens (tertiary/aromatic N) is 4. The van der Waals surface area contributed by atoms with E-state index < -0.39 is 0 Å². The molecule has 1 saturated heterocycles. The molecule has 3 rings (SSSR count). The zero-order valence-corrected chi connectivity index (χ0v) is 14.3. The van der Waals surface area contributed by atoms with E-state index in [1.165, 1.54) is 0 Å². The van der Waals surface area contributed by atoms with Crippen LogP contribution >= 0.6 is 11.6 Å². The highest BCUT2D eigenvalue weighted by Crippen LogP contribution is 2.23. The van der Waals surface area contributed by atoms with Crippen LogP contribution in [0.3, 0.4) is 0 Å².